The molecule has 0 bridgehead atoms. The van der Waals surface area contributed by atoms with Crippen LogP contribution in [0.1, 0.15) is 59.3 Å². The van der Waals surface area contributed by atoms with Gasteiger partial charge in [0.25, 0.3) is 0 Å². The highest BCUT2D eigenvalue weighted by Crippen LogP contribution is 1.82. The van der Waals surface area contributed by atoms with Crippen LogP contribution >= 0.6 is 0 Å². The summed E-state index contributed by atoms with van der Waals surface area (Å²) in [4.78, 5) is 0. The van der Waals surface area contributed by atoms with Gasteiger partial charge < -0.3 is 0 Å². The van der Waals surface area contributed by atoms with Crippen molar-refractivity contribution in [3.63, 3.8) is 0 Å². The van der Waals surface area contributed by atoms with Crippen molar-refractivity contribution < 1.29 is 0 Å². The topological polar surface area (TPSA) is 0 Å². The zero-order valence-electron chi connectivity index (χ0n) is 11.1. The molecule has 0 amide bonds. The molecule has 0 radical (unpaired) electrons. The predicted molar refractivity (Wildman–Crippen MR) is 75.3 cm³/mol. The van der Waals surface area contributed by atoms with Crippen molar-refractivity contribution in [1.29, 1.82) is 0 Å². The Bertz CT molecular complexity index is 87.4. The number of allylic oxidation sites excluding steroid dienone is 3. The fourth-order valence-electron chi connectivity index (χ4n) is 0.612. The summed E-state index contributed by atoms with van der Waals surface area (Å²) in [5.74, 6) is 0. The lowest BCUT2D eigenvalue weighted by molar-refractivity contribution is 0.961. The molecule has 15 heavy (non-hydrogen) atoms. The Balaban J connectivity index is -0.000000144. The van der Waals surface area contributed by atoms with E-state index in [1.165, 1.54) is 19.3 Å². The molecule has 0 rings (SSSR count). The van der Waals surface area contributed by atoms with E-state index in [1.54, 1.807) is 0 Å². The summed E-state index contributed by atoms with van der Waals surface area (Å²) in [6.07, 6.45) is 12.9. The first-order valence-electron chi connectivity index (χ1n) is 6.07. The molecule has 0 saturated heterocycles. The van der Waals surface area contributed by atoms with Gasteiger partial charge in [-0.15, -0.1) is 19.7 Å². The normalized spacial score (nSPS) is 7.40. The van der Waals surface area contributed by atoms with Crippen LogP contribution < -0.4 is 0 Å². The maximum absolute atomic E-state index is 3.55. The molecule has 0 fully saturated rings. The monoisotopic (exact) mass is 210 g/mol. The molecule has 0 N–H and O–H groups in total. The summed E-state index contributed by atoms with van der Waals surface area (Å²) in [7, 11) is 0. The number of rotatable bonds is 6. The molecule has 0 aliphatic heterocycles. The Morgan fingerprint density at radius 2 is 0.800 bits per heavy atom. The molecule has 0 unspecified atom stereocenters. The number of unbranched alkanes of at least 4 members (excludes halogenated alkanes) is 3. The smallest absolute Gasteiger partial charge is 0.0356 e. The van der Waals surface area contributed by atoms with Crippen LogP contribution in [-0.4, -0.2) is 0 Å². The minimum absolute atomic E-state index is 1.15. The molecular formula is C15H30. The molecule has 0 heterocycles. The third-order valence-electron chi connectivity index (χ3n) is 1.48. The fourth-order valence-corrected chi connectivity index (χ4v) is 0.612. The van der Waals surface area contributed by atoms with Crippen LogP contribution in [0, 0.1) is 0 Å². The average molecular weight is 210 g/mol. The number of hydrogen-bond acceptors (Lipinski definition) is 0. The van der Waals surface area contributed by atoms with Gasteiger partial charge in [-0.3, -0.25) is 0 Å². The molecule has 0 heteroatoms. The molecule has 0 saturated carbocycles. The second-order valence-corrected chi connectivity index (χ2v) is 3.23. The minimum atomic E-state index is 1.15. The van der Waals surface area contributed by atoms with Crippen molar-refractivity contribution in [2.45, 2.75) is 59.3 Å². The van der Waals surface area contributed by atoms with Crippen LogP contribution in [0.5, 0.6) is 0 Å². The Hall–Kier alpha value is -0.780. The molecule has 0 nitrogen and oxygen atoms in total. The van der Waals surface area contributed by atoms with Gasteiger partial charge in [0.1, 0.15) is 0 Å². The zero-order valence-corrected chi connectivity index (χ0v) is 11.1. The zero-order chi connectivity index (χ0) is 12.4. The first-order chi connectivity index (χ1) is 7.24. The Kier molecular flexibility index (Phi) is 38.5. The van der Waals surface area contributed by atoms with Crippen molar-refractivity contribution in [2.75, 3.05) is 0 Å². The quantitative estimate of drug-likeness (QED) is 0.477. The highest BCUT2D eigenvalue weighted by atomic mass is 13.7. The van der Waals surface area contributed by atoms with E-state index in [0.717, 1.165) is 19.3 Å². The first-order valence-corrected chi connectivity index (χ1v) is 6.07. The maximum Gasteiger partial charge on any atom is -0.0356 e. The van der Waals surface area contributed by atoms with Gasteiger partial charge >= 0.3 is 0 Å². The summed E-state index contributed by atoms with van der Waals surface area (Å²) in [5, 5.41) is 0. The molecule has 0 aromatic heterocycles. The summed E-state index contributed by atoms with van der Waals surface area (Å²) in [5.41, 5.74) is 0. The van der Waals surface area contributed by atoms with Crippen molar-refractivity contribution in [1.82, 2.24) is 0 Å². The second-order valence-electron chi connectivity index (χ2n) is 3.23. The van der Waals surface area contributed by atoms with Gasteiger partial charge in [0, 0.05) is 0 Å². The molecular weight excluding hydrogens is 180 g/mol. The van der Waals surface area contributed by atoms with Gasteiger partial charge in [0.05, 0.1) is 0 Å². The Labute approximate surface area is 97.8 Å². The minimum Gasteiger partial charge on any atom is -0.103 e. The van der Waals surface area contributed by atoms with Crippen molar-refractivity contribution >= 4 is 0 Å². The summed E-state index contributed by atoms with van der Waals surface area (Å²) in [6.45, 7) is 17.1. The number of hydrogen-bond donors (Lipinski definition) is 0. The van der Waals surface area contributed by atoms with Crippen LogP contribution in [0.2, 0.25) is 0 Å². The first kappa shape index (κ1) is 19.7. The summed E-state index contributed by atoms with van der Waals surface area (Å²) in [6, 6.07) is 0. The van der Waals surface area contributed by atoms with E-state index in [-0.39, 0.29) is 0 Å². The molecule has 0 atom stereocenters. The van der Waals surface area contributed by atoms with Gasteiger partial charge in [-0.1, -0.05) is 58.3 Å². The van der Waals surface area contributed by atoms with Crippen LogP contribution in [0.3, 0.4) is 0 Å². The van der Waals surface area contributed by atoms with Crippen molar-refractivity contribution in [3.8, 4) is 0 Å². The molecule has 0 aliphatic rings. The van der Waals surface area contributed by atoms with Crippen LogP contribution in [-0.2, 0) is 0 Å². The van der Waals surface area contributed by atoms with Gasteiger partial charge in [-0.05, 0) is 19.3 Å². The van der Waals surface area contributed by atoms with E-state index in [2.05, 4.69) is 40.5 Å². The van der Waals surface area contributed by atoms with E-state index in [1.807, 2.05) is 18.2 Å². The molecule has 90 valence electrons. The van der Waals surface area contributed by atoms with Gasteiger partial charge in [0.2, 0.25) is 0 Å². The van der Waals surface area contributed by atoms with E-state index in [4.69, 9.17) is 0 Å². The average Bonchev–Trinajstić information content (AvgIpc) is 2.23. The van der Waals surface area contributed by atoms with E-state index < -0.39 is 0 Å². The highest BCUT2D eigenvalue weighted by Gasteiger charge is 1.62. The van der Waals surface area contributed by atoms with Crippen molar-refractivity contribution in [2.24, 2.45) is 0 Å². The summed E-state index contributed by atoms with van der Waals surface area (Å²) >= 11 is 0. The molecule has 0 aromatic rings. The third kappa shape index (κ3) is 61.1. The second kappa shape index (κ2) is 29.2. The van der Waals surface area contributed by atoms with Gasteiger partial charge in [-0.25, -0.2) is 0 Å². The van der Waals surface area contributed by atoms with Gasteiger partial charge in [0.15, 0.2) is 0 Å². The lowest BCUT2D eigenvalue weighted by atomic mass is 10.3. The fraction of sp³-hybridized carbons (Fsp3) is 0.600. The summed E-state index contributed by atoms with van der Waals surface area (Å²) < 4.78 is 0. The third-order valence-corrected chi connectivity index (χ3v) is 1.48. The molecule has 0 aromatic carbocycles. The SMILES string of the molecule is C=CCCC.C=CCCC.C=CCCC. The Morgan fingerprint density at radius 1 is 0.600 bits per heavy atom. The lowest BCUT2D eigenvalue weighted by Gasteiger charge is -1.72. The van der Waals surface area contributed by atoms with Crippen LogP contribution in [0.4, 0.5) is 0 Å². The van der Waals surface area contributed by atoms with E-state index in [9.17, 15) is 0 Å². The highest BCUT2D eigenvalue weighted by molar-refractivity contribution is 4.63. The lowest BCUT2D eigenvalue weighted by Crippen LogP contribution is -1.52. The van der Waals surface area contributed by atoms with Crippen LogP contribution in [0.15, 0.2) is 38.0 Å². The van der Waals surface area contributed by atoms with E-state index in [0.29, 0.717) is 0 Å². The molecule has 0 spiro atoms. The predicted octanol–water partition coefficient (Wildman–Crippen LogP) is 5.92. The van der Waals surface area contributed by atoms with Crippen LogP contribution in [0.25, 0.3) is 0 Å². The molecule has 0 aliphatic carbocycles. The standard InChI is InChI=1S/3C5H10/c3*1-3-5-4-2/h3*3H,1,4-5H2,2H3. The largest absolute Gasteiger partial charge is 0.103 e. The Morgan fingerprint density at radius 3 is 0.800 bits per heavy atom. The van der Waals surface area contributed by atoms with Crippen molar-refractivity contribution in [3.05, 3.63) is 38.0 Å². The van der Waals surface area contributed by atoms with Gasteiger partial charge in [-0.2, -0.15) is 0 Å². The van der Waals surface area contributed by atoms with E-state index >= 15 is 0 Å². The maximum atomic E-state index is 3.55.